The first-order valence-electron chi connectivity index (χ1n) is 5.02. The van der Waals surface area contributed by atoms with E-state index in [9.17, 15) is 4.79 Å². The van der Waals surface area contributed by atoms with Gasteiger partial charge in [-0.2, -0.15) is 0 Å². The molecule has 0 unspecified atom stereocenters. The van der Waals surface area contributed by atoms with Crippen LogP contribution in [-0.4, -0.2) is 17.4 Å². The van der Waals surface area contributed by atoms with Gasteiger partial charge in [-0.05, 0) is 92.0 Å². The molecule has 0 aliphatic heterocycles. The van der Waals surface area contributed by atoms with Gasteiger partial charge in [0.1, 0.15) is 5.75 Å². The van der Waals surface area contributed by atoms with Gasteiger partial charge in [0.05, 0.1) is 12.8 Å². The predicted molar refractivity (Wildman–Crippen MR) is 95.2 cm³/mol. The summed E-state index contributed by atoms with van der Waals surface area (Å²) in [6.07, 6.45) is 1.73. The lowest BCUT2D eigenvalue weighted by Crippen LogP contribution is -2.13. The van der Waals surface area contributed by atoms with E-state index >= 15 is 0 Å². The highest BCUT2D eigenvalue weighted by atomic mass is 127. The zero-order valence-electron chi connectivity index (χ0n) is 9.04. The molecule has 0 spiro atoms. The number of hydrogen-bond donors (Lipinski definition) is 1. The van der Waals surface area contributed by atoms with Crippen LogP contribution in [0.15, 0.2) is 30.5 Å². The van der Waals surface area contributed by atoms with Gasteiger partial charge in [-0.3, -0.25) is 4.79 Å². The highest BCUT2D eigenvalue weighted by Gasteiger charge is 2.12. The molecule has 0 saturated heterocycles. The van der Waals surface area contributed by atoms with Gasteiger partial charge in [-0.15, -0.1) is 0 Å². The molecule has 0 aliphatic rings. The molecule has 0 amide bonds. The van der Waals surface area contributed by atoms with Crippen LogP contribution in [0.1, 0.15) is 10.5 Å². The van der Waals surface area contributed by atoms with E-state index in [0.717, 1.165) is 16.5 Å². The van der Waals surface area contributed by atoms with Crippen molar-refractivity contribution >= 4 is 73.6 Å². The maximum absolute atomic E-state index is 11.8. The summed E-state index contributed by atoms with van der Waals surface area (Å²) >= 11 is 6.70. The standard InChI is InChI=1S/C12H8I3NO2/c13-7-4-8(14)12(9(15)5-7)18-6-11(17)10-2-1-3-16-10/h1-5,16H,6H2. The molecular weight excluding hydrogens is 571 g/mol. The second-order valence-electron chi connectivity index (χ2n) is 3.49. The van der Waals surface area contributed by atoms with Gasteiger partial charge in [0.2, 0.25) is 5.78 Å². The molecule has 0 radical (unpaired) electrons. The summed E-state index contributed by atoms with van der Waals surface area (Å²) in [4.78, 5) is 14.7. The number of rotatable bonds is 4. The van der Waals surface area contributed by atoms with Crippen LogP contribution < -0.4 is 4.74 Å². The van der Waals surface area contributed by atoms with Crippen LogP contribution in [0.3, 0.4) is 0 Å². The first kappa shape index (κ1) is 14.6. The Hall–Kier alpha value is 0.160. The minimum atomic E-state index is -0.0508. The van der Waals surface area contributed by atoms with Crippen LogP contribution in [0.4, 0.5) is 0 Å². The van der Waals surface area contributed by atoms with E-state index in [2.05, 4.69) is 72.8 Å². The molecule has 1 aromatic carbocycles. The number of ketones is 1. The highest BCUT2D eigenvalue weighted by Crippen LogP contribution is 2.29. The maximum atomic E-state index is 11.8. The third-order valence-electron chi connectivity index (χ3n) is 2.21. The topological polar surface area (TPSA) is 42.1 Å². The molecule has 0 atom stereocenters. The smallest absolute Gasteiger partial charge is 0.216 e. The minimum Gasteiger partial charge on any atom is -0.483 e. The molecule has 94 valence electrons. The van der Waals surface area contributed by atoms with Crippen LogP contribution in [0.25, 0.3) is 0 Å². The number of ether oxygens (including phenoxy) is 1. The molecular formula is C12H8I3NO2. The fourth-order valence-electron chi connectivity index (χ4n) is 1.39. The summed E-state index contributed by atoms with van der Waals surface area (Å²) in [5.41, 5.74) is 0.575. The molecule has 6 heteroatoms. The minimum absolute atomic E-state index is 0.0487. The molecule has 3 nitrogen and oxygen atoms in total. The maximum Gasteiger partial charge on any atom is 0.216 e. The average Bonchev–Trinajstić information content (AvgIpc) is 2.80. The third-order valence-corrected chi connectivity index (χ3v) is 4.43. The number of carbonyl (C=O) groups excluding carboxylic acids is 1. The lowest BCUT2D eigenvalue weighted by molar-refractivity contribution is 0.0916. The van der Waals surface area contributed by atoms with Crippen molar-refractivity contribution in [3.05, 3.63) is 46.9 Å². The third kappa shape index (κ3) is 3.59. The van der Waals surface area contributed by atoms with Crippen molar-refractivity contribution in [3.8, 4) is 5.75 Å². The Morgan fingerprint density at radius 1 is 1.22 bits per heavy atom. The quantitative estimate of drug-likeness (QED) is 0.439. The molecule has 1 N–H and O–H groups in total. The second-order valence-corrected chi connectivity index (χ2v) is 7.06. The van der Waals surface area contributed by atoms with Gasteiger partial charge in [0.25, 0.3) is 0 Å². The predicted octanol–water partition coefficient (Wildman–Crippen LogP) is 4.09. The van der Waals surface area contributed by atoms with Crippen molar-refractivity contribution < 1.29 is 9.53 Å². The Morgan fingerprint density at radius 2 is 1.89 bits per heavy atom. The van der Waals surface area contributed by atoms with Crippen molar-refractivity contribution in [3.63, 3.8) is 0 Å². The van der Waals surface area contributed by atoms with Gasteiger partial charge >= 0.3 is 0 Å². The Bertz CT molecular complexity index is 544. The lowest BCUT2D eigenvalue weighted by Gasteiger charge is -2.10. The number of H-pyrrole nitrogens is 1. The Morgan fingerprint density at radius 3 is 2.44 bits per heavy atom. The number of benzene rings is 1. The van der Waals surface area contributed by atoms with E-state index in [1.54, 1.807) is 18.3 Å². The Balaban J connectivity index is 2.09. The van der Waals surface area contributed by atoms with E-state index in [4.69, 9.17) is 4.74 Å². The number of aromatic nitrogens is 1. The summed E-state index contributed by atoms with van der Waals surface area (Å²) < 4.78 is 8.81. The fourth-order valence-corrected chi connectivity index (χ4v) is 5.28. The van der Waals surface area contributed by atoms with E-state index in [1.807, 2.05) is 12.1 Å². The second kappa shape index (κ2) is 6.55. The lowest BCUT2D eigenvalue weighted by atomic mass is 10.3. The number of aromatic amines is 1. The van der Waals surface area contributed by atoms with E-state index in [1.165, 1.54) is 0 Å². The summed E-state index contributed by atoms with van der Waals surface area (Å²) in [7, 11) is 0. The van der Waals surface area contributed by atoms with Crippen LogP contribution in [0.2, 0.25) is 0 Å². The number of carbonyl (C=O) groups is 1. The van der Waals surface area contributed by atoms with Crippen LogP contribution >= 0.6 is 67.8 Å². The molecule has 0 bridgehead atoms. The van der Waals surface area contributed by atoms with E-state index in [0.29, 0.717) is 5.69 Å². The normalized spacial score (nSPS) is 10.4. The number of nitrogens with one attached hydrogen (secondary N) is 1. The molecule has 2 rings (SSSR count). The molecule has 1 heterocycles. The van der Waals surface area contributed by atoms with Crippen molar-refractivity contribution in [2.24, 2.45) is 0 Å². The van der Waals surface area contributed by atoms with Gasteiger partial charge in [0.15, 0.2) is 6.61 Å². The number of Topliss-reactive ketones (excluding diaryl/α,β-unsaturated/α-hetero) is 1. The highest BCUT2D eigenvalue weighted by molar-refractivity contribution is 14.1. The molecule has 0 saturated carbocycles. The monoisotopic (exact) mass is 579 g/mol. The summed E-state index contributed by atoms with van der Waals surface area (Å²) in [6.45, 7) is 0.0487. The van der Waals surface area contributed by atoms with E-state index < -0.39 is 0 Å². The Kier molecular flexibility index (Phi) is 5.30. The molecule has 0 fully saturated rings. The van der Waals surface area contributed by atoms with Crippen LogP contribution in [0, 0.1) is 10.7 Å². The molecule has 18 heavy (non-hydrogen) atoms. The largest absolute Gasteiger partial charge is 0.483 e. The van der Waals surface area contributed by atoms with Gasteiger partial charge in [-0.1, -0.05) is 0 Å². The molecule has 1 aromatic heterocycles. The van der Waals surface area contributed by atoms with Crippen molar-refractivity contribution in [1.82, 2.24) is 4.98 Å². The van der Waals surface area contributed by atoms with Crippen molar-refractivity contribution in [1.29, 1.82) is 0 Å². The van der Waals surface area contributed by atoms with Crippen molar-refractivity contribution in [2.75, 3.05) is 6.61 Å². The van der Waals surface area contributed by atoms with Crippen LogP contribution in [-0.2, 0) is 0 Å². The fraction of sp³-hybridized carbons (Fsp3) is 0.0833. The van der Waals surface area contributed by atoms with Crippen LogP contribution in [0.5, 0.6) is 5.75 Å². The zero-order valence-corrected chi connectivity index (χ0v) is 15.5. The summed E-state index contributed by atoms with van der Waals surface area (Å²) in [6, 6.07) is 7.59. The summed E-state index contributed by atoms with van der Waals surface area (Å²) in [5, 5.41) is 0. The number of hydrogen-bond acceptors (Lipinski definition) is 2. The van der Waals surface area contributed by atoms with Crippen molar-refractivity contribution in [2.45, 2.75) is 0 Å². The zero-order chi connectivity index (χ0) is 13.1. The first-order valence-corrected chi connectivity index (χ1v) is 8.25. The van der Waals surface area contributed by atoms with Gasteiger partial charge in [0, 0.05) is 9.77 Å². The SMILES string of the molecule is O=C(COc1c(I)cc(I)cc1I)c1ccc[nH]1. The van der Waals surface area contributed by atoms with Gasteiger partial charge in [-0.25, -0.2) is 0 Å². The average molecular weight is 579 g/mol. The Labute approximate surface area is 145 Å². The molecule has 0 aliphatic carbocycles. The first-order chi connectivity index (χ1) is 8.58. The summed E-state index contributed by atoms with van der Waals surface area (Å²) in [5.74, 6) is 0.724. The number of halogens is 3. The molecule has 2 aromatic rings. The van der Waals surface area contributed by atoms with E-state index in [-0.39, 0.29) is 12.4 Å². The van der Waals surface area contributed by atoms with Gasteiger partial charge < -0.3 is 9.72 Å².